The Morgan fingerprint density at radius 3 is 2.50 bits per heavy atom. The number of hydrogen-bond acceptors (Lipinski definition) is 6. The molecule has 0 N–H and O–H groups in total. The zero-order valence-electron chi connectivity index (χ0n) is 11.1. The van der Waals surface area contributed by atoms with Gasteiger partial charge in [0.2, 0.25) is 6.10 Å². The van der Waals surface area contributed by atoms with Crippen molar-refractivity contribution < 1.29 is 22.2 Å². The zero-order valence-corrected chi connectivity index (χ0v) is 13.4. The van der Waals surface area contributed by atoms with Crippen molar-refractivity contribution in [2.24, 2.45) is 11.1 Å². The monoisotopic (exact) mass is 361 g/mol. The molecule has 116 valence electrons. The standard InChI is InChI=1S/C13H9Cl2NO5S/c1-22(18,19)21-9-5-8(17)11-12(16-20-13(9)11)10-6(14)3-2-4-7(10)15/h2-5,11,13H,1H3. The van der Waals surface area contributed by atoms with Gasteiger partial charge in [-0.1, -0.05) is 34.4 Å². The average molecular weight is 362 g/mol. The first-order chi connectivity index (χ1) is 10.3. The minimum atomic E-state index is -3.77. The number of carbonyl (C=O) groups is 1. The third-order valence-electron chi connectivity index (χ3n) is 3.20. The first kappa shape index (κ1) is 15.3. The van der Waals surface area contributed by atoms with Crippen molar-refractivity contribution in [3.05, 3.63) is 45.6 Å². The van der Waals surface area contributed by atoms with Gasteiger partial charge in [-0.15, -0.1) is 0 Å². The van der Waals surface area contributed by atoms with Crippen LogP contribution in [0.5, 0.6) is 0 Å². The number of carbonyl (C=O) groups excluding carboxylic acids is 1. The summed E-state index contributed by atoms with van der Waals surface area (Å²) in [5.41, 5.74) is 0.648. The quantitative estimate of drug-likeness (QED) is 0.770. The minimum absolute atomic E-state index is 0.0978. The second kappa shape index (κ2) is 5.26. The molecule has 9 heteroatoms. The highest BCUT2D eigenvalue weighted by Gasteiger charge is 2.49. The Hall–Kier alpha value is -1.57. The van der Waals surface area contributed by atoms with E-state index in [4.69, 9.17) is 32.2 Å². The predicted molar refractivity (Wildman–Crippen MR) is 80.4 cm³/mol. The molecule has 0 aromatic heterocycles. The van der Waals surface area contributed by atoms with Crippen LogP contribution in [0.4, 0.5) is 0 Å². The highest BCUT2D eigenvalue weighted by molar-refractivity contribution is 7.86. The van der Waals surface area contributed by atoms with Crippen molar-refractivity contribution >= 4 is 44.8 Å². The van der Waals surface area contributed by atoms with Gasteiger partial charge in [0.15, 0.2) is 11.5 Å². The third kappa shape index (κ3) is 2.60. The number of nitrogens with zero attached hydrogens (tertiary/aromatic N) is 1. The SMILES string of the molecule is CS(=O)(=O)OC1=CC(=O)C2C(c3c(Cl)cccc3Cl)=NOC12. The Morgan fingerprint density at radius 2 is 1.91 bits per heavy atom. The molecule has 6 nitrogen and oxygen atoms in total. The van der Waals surface area contributed by atoms with Crippen LogP contribution in [-0.2, 0) is 23.9 Å². The lowest BCUT2D eigenvalue weighted by molar-refractivity contribution is -0.117. The molecule has 22 heavy (non-hydrogen) atoms. The molecule has 2 aliphatic rings. The van der Waals surface area contributed by atoms with Gasteiger partial charge in [0, 0.05) is 11.6 Å². The van der Waals surface area contributed by atoms with Crippen LogP contribution in [0.15, 0.2) is 35.2 Å². The molecular formula is C13H9Cl2NO5S. The highest BCUT2D eigenvalue weighted by Crippen LogP contribution is 2.38. The van der Waals surface area contributed by atoms with Crippen LogP contribution in [0.3, 0.4) is 0 Å². The number of ketones is 1. The molecule has 1 heterocycles. The van der Waals surface area contributed by atoms with Crippen molar-refractivity contribution in [2.45, 2.75) is 6.10 Å². The summed E-state index contributed by atoms with van der Waals surface area (Å²) >= 11 is 12.2. The van der Waals surface area contributed by atoms with Crippen LogP contribution in [0.2, 0.25) is 10.0 Å². The van der Waals surface area contributed by atoms with Gasteiger partial charge in [-0.25, -0.2) is 0 Å². The van der Waals surface area contributed by atoms with E-state index in [0.717, 1.165) is 12.3 Å². The van der Waals surface area contributed by atoms with E-state index in [1.165, 1.54) is 0 Å². The molecule has 1 aromatic rings. The molecule has 0 bridgehead atoms. The third-order valence-corrected chi connectivity index (χ3v) is 4.33. The summed E-state index contributed by atoms with van der Waals surface area (Å²) in [7, 11) is -3.77. The van der Waals surface area contributed by atoms with Crippen LogP contribution in [0.25, 0.3) is 0 Å². The first-order valence-corrected chi connectivity index (χ1v) is 8.68. The topological polar surface area (TPSA) is 82.0 Å². The lowest BCUT2D eigenvalue weighted by Crippen LogP contribution is -2.27. The molecule has 1 aliphatic heterocycles. The van der Waals surface area contributed by atoms with Gasteiger partial charge in [-0.3, -0.25) is 4.79 Å². The molecule has 1 aliphatic carbocycles. The fourth-order valence-corrected chi connectivity index (χ4v) is 3.46. The Labute approximate surface area is 136 Å². The van der Waals surface area contributed by atoms with Gasteiger partial charge in [0.25, 0.3) is 0 Å². The van der Waals surface area contributed by atoms with Crippen LogP contribution >= 0.6 is 23.2 Å². The number of hydrogen-bond donors (Lipinski definition) is 0. The van der Waals surface area contributed by atoms with E-state index in [1.54, 1.807) is 18.2 Å². The number of fused-ring (bicyclic) bond motifs is 1. The van der Waals surface area contributed by atoms with E-state index in [1.807, 2.05) is 0 Å². The summed E-state index contributed by atoms with van der Waals surface area (Å²) in [6.45, 7) is 0. The summed E-state index contributed by atoms with van der Waals surface area (Å²) in [4.78, 5) is 17.3. The number of benzene rings is 1. The van der Waals surface area contributed by atoms with E-state index in [0.29, 0.717) is 15.6 Å². The van der Waals surface area contributed by atoms with Crippen LogP contribution in [0.1, 0.15) is 5.56 Å². The van der Waals surface area contributed by atoms with E-state index >= 15 is 0 Å². The zero-order chi connectivity index (χ0) is 16.1. The van der Waals surface area contributed by atoms with Crippen molar-refractivity contribution in [1.82, 2.24) is 0 Å². The average Bonchev–Trinajstić information content (AvgIpc) is 2.91. The van der Waals surface area contributed by atoms with Crippen molar-refractivity contribution in [3.8, 4) is 0 Å². The van der Waals surface area contributed by atoms with Gasteiger partial charge in [0.05, 0.1) is 16.3 Å². The molecule has 2 atom stereocenters. The second-order valence-electron chi connectivity index (χ2n) is 4.81. The largest absolute Gasteiger partial charge is 0.383 e. The van der Waals surface area contributed by atoms with Gasteiger partial charge >= 0.3 is 10.1 Å². The molecule has 0 radical (unpaired) electrons. The maximum Gasteiger partial charge on any atom is 0.306 e. The number of oxime groups is 1. The summed E-state index contributed by atoms with van der Waals surface area (Å²) < 4.78 is 27.2. The fourth-order valence-electron chi connectivity index (χ4n) is 2.38. The number of rotatable bonds is 3. The second-order valence-corrected chi connectivity index (χ2v) is 7.20. The van der Waals surface area contributed by atoms with Gasteiger partial charge in [0.1, 0.15) is 11.6 Å². The maximum absolute atomic E-state index is 12.2. The van der Waals surface area contributed by atoms with E-state index in [2.05, 4.69) is 5.16 Å². The normalized spacial score (nSPS) is 23.7. The van der Waals surface area contributed by atoms with E-state index < -0.39 is 22.1 Å². The van der Waals surface area contributed by atoms with Crippen LogP contribution in [-0.4, -0.2) is 32.3 Å². The smallest absolute Gasteiger partial charge is 0.306 e. The van der Waals surface area contributed by atoms with Crippen molar-refractivity contribution in [2.75, 3.05) is 6.26 Å². The predicted octanol–water partition coefficient (Wildman–Crippen LogP) is 2.16. The number of allylic oxidation sites excluding steroid dienone is 1. The Bertz CT molecular complexity index is 811. The van der Waals surface area contributed by atoms with Gasteiger partial charge in [-0.05, 0) is 12.1 Å². The molecule has 0 saturated heterocycles. The van der Waals surface area contributed by atoms with Crippen LogP contribution < -0.4 is 0 Å². The molecule has 0 saturated carbocycles. The molecular weight excluding hydrogens is 353 g/mol. The maximum atomic E-state index is 12.2. The first-order valence-electron chi connectivity index (χ1n) is 6.11. The van der Waals surface area contributed by atoms with E-state index in [9.17, 15) is 13.2 Å². The number of halogens is 2. The van der Waals surface area contributed by atoms with E-state index in [-0.39, 0.29) is 17.3 Å². The summed E-state index contributed by atoms with van der Waals surface area (Å²) in [5, 5.41) is 4.49. The van der Waals surface area contributed by atoms with Crippen molar-refractivity contribution in [3.63, 3.8) is 0 Å². The molecule has 2 unspecified atom stereocenters. The Kier molecular flexibility index (Phi) is 3.66. The van der Waals surface area contributed by atoms with Gasteiger partial charge in [-0.2, -0.15) is 8.42 Å². The summed E-state index contributed by atoms with van der Waals surface area (Å²) in [5.74, 6) is -1.30. The molecule has 0 spiro atoms. The van der Waals surface area contributed by atoms with Gasteiger partial charge < -0.3 is 9.02 Å². The summed E-state index contributed by atoms with van der Waals surface area (Å²) in [6, 6.07) is 4.88. The Morgan fingerprint density at radius 1 is 1.27 bits per heavy atom. The summed E-state index contributed by atoms with van der Waals surface area (Å²) in [6.07, 6.45) is 1.05. The molecule has 0 amide bonds. The highest BCUT2D eigenvalue weighted by atomic mass is 35.5. The lowest BCUT2D eigenvalue weighted by Gasteiger charge is -2.13. The fraction of sp³-hybridized carbons (Fsp3) is 0.231. The molecule has 0 fully saturated rings. The minimum Gasteiger partial charge on any atom is -0.383 e. The lowest BCUT2D eigenvalue weighted by atomic mass is 9.92. The molecule has 1 aromatic carbocycles. The van der Waals surface area contributed by atoms with Crippen molar-refractivity contribution in [1.29, 1.82) is 0 Å². The molecule has 3 rings (SSSR count). The van der Waals surface area contributed by atoms with Crippen LogP contribution in [0, 0.1) is 5.92 Å². The Balaban J connectivity index is 1.97.